The van der Waals surface area contributed by atoms with E-state index in [0.717, 1.165) is 0 Å². The maximum Gasteiger partial charge on any atom is 0.338 e. The van der Waals surface area contributed by atoms with E-state index in [1.54, 1.807) is 57.4 Å². The highest BCUT2D eigenvalue weighted by atomic mass is 32.1. The molecule has 0 fully saturated rings. The molecule has 4 rings (SSSR count). The number of hydrogen-bond acceptors (Lipinski definition) is 9. The summed E-state index contributed by atoms with van der Waals surface area (Å²) >= 11 is 1.21. The molecule has 1 unspecified atom stereocenters. The molecule has 1 aromatic heterocycles. The summed E-state index contributed by atoms with van der Waals surface area (Å²) in [4.78, 5) is 31.9. The molecule has 9 nitrogen and oxygen atoms in total. The molecule has 1 aliphatic heterocycles. The number of methoxy groups -OCH3 is 2. The molecule has 1 aliphatic rings. The standard InChI is InChI=1S/C27H28N2O7S/c1-6-35-21-14-17(9-11-19(21)33-4)24-23(26(32)36-7-2)15(3)28-27-29(24)25(31)22(37-27)13-16-8-10-18(30)20(12-16)34-5/h8-14,24,30H,6-7H2,1-5H3/b22-13+. The van der Waals surface area contributed by atoms with Gasteiger partial charge < -0.3 is 24.1 Å². The second kappa shape index (κ2) is 10.9. The fourth-order valence-electron chi connectivity index (χ4n) is 4.17. The lowest BCUT2D eigenvalue weighted by Crippen LogP contribution is -2.40. The van der Waals surface area contributed by atoms with Crippen LogP contribution >= 0.6 is 11.3 Å². The van der Waals surface area contributed by atoms with Crippen LogP contribution in [0, 0.1) is 0 Å². The first-order valence-electron chi connectivity index (χ1n) is 11.7. The van der Waals surface area contributed by atoms with E-state index in [0.29, 0.717) is 50.0 Å². The molecule has 194 valence electrons. The zero-order valence-corrected chi connectivity index (χ0v) is 22.0. The number of phenolic OH excluding ortho intramolecular Hbond substituents is 1. The van der Waals surface area contributed by atoms with Gasteiger partial charge in [-0.3, -0.25) is 9.36 Å². The number of nitrogens with zero attached hydrogens (tertiary/aromatic N) is 2. The van der Waals surface area contributed by atoms with Crippen LogP contribution in [0.25, 0.3) is 6.08 Å². The summed E-state index contributed by atoms with van der Waals surface area (Å²) in [6.45, 7) is 5.92. The Morgan fingerprint density at radius 1 is 1.08 bits per heavy atom. The zero-order chi connectivity index (χ0) is 26.7. The smallest absolute Gasteiger partial charge is 0.338 e. The van der Waals surface area contributed by atoms with Crippen LogP contribution in [0.4, 0.5) is 0 Å². The van der Waals surface area contributed by atoms with Gasteiger partial charge in [0.15, 0.2) is 27.8 Å². The van der Waals surface area contributed by atoms with E-state index >= 15 is 0 Å². The second-order valence-electron chi connectivity index (χ2n) is 8.08. The fraction of sp³-hybridized carbons (Fsp3) is 0.296. The molecule has 0 radical (unpaired) electrons. The van der Waals surface area contributed by atoms with E-state index in [-0.39, 0.29) is 23.5 Å². The van der Waals surface area contributed by atoms with Gasteiger partial charge in [-0.25, -0.2) is 9.79 Å². The zero-order valence-electron chi connectivity index (χ0n) is 21.2. The number of thiazole rings is 1. The van der Waals surface area contributed by atoms with E-state index in [4.69, 9.17) is 18.9 Å². The van der Waals surface area contributed by atoms with Gasteiger partial charge in [-0.05, 0) is 62.2 Å². The summed E-state index contributed by atoms with van der Waals surface area (Å²) in [5.41, 5.74) is 1.75. The van der Waals surface area contributed by atoms with Gasteiger partial charge in [0.05, 0.1) is 49.3 Å². The van der Waals surface area contributed by atoms with Gasteiger partial charge in [-0.1, -0.05) is 23.5 Å². The second-order valence-corrected chi connectivity index (χ2v) is 9.09. The van der Waals surface area contributed by atoms with Gasteiger partial charge in [0, 0.05) is 0 Å². The lowest BCUT2D eigenvalue weighted by atomic mass is 9.95. The van der Waals surface area contributed by atoms with Crippen LogP contribution in [0.15, 0.2) is 57.5 Å². The first kappa shape index (κ1) is 26.0. The number of allylic oxidation sites excluding steroid dienone is 1. The Morgan fingerprint density at radius 3 is 2.51 bits per heavy atom. The number of rotatable bonds is 8. The molecule has 0 aliphatic carbocycles. The molecule has 0 amide bonds. The Bertz CT molecular complexity index is 1550. The predicted octanol–water partition coefficient (Wildman–Crippen LogP) is 2.92. The summed E-state index contributed by atoms with van der Waals surface area (Å²) in [7, 11) is 3.00. The van der Waals surface area contributed by atoms with Gasteiger partial charge in [0.2, 0.25) is 0 Å². The third-order valence-corrected chi connectivity index (χ3v) is 6.80. The van der Waals surface area contributed by atoms with Crippen LogP contribution in [-0.4, -0.2) is 43.1 Å². The number of ether oxygens (including phenoxy) is 4. The van der Waals surface area contributed by atoms with Crippen LogP contribution in [0.2, 0.25) is 0 Å². The largest absolute Gasteiger partial charge is 0.504 e. The normalized spacial score (nSPS) is 15.2. The maximum atomic E-state index is 13.8. The van der Waals surface area contributed by atoms with Crippen LogP contribution in [0.3, 0.4) is 0 Å². The highest BCUT2D eigenvalue weighted by Crippen LogP contribution is 2.36. The Hall–Kier alpha value is -4.05. The molecule has 0 bridgehead atoms. The summed E-state index contributed by atoms with van der Waals surface area (Å²) < 4.78 is 23.6. The molecule has 3 aromatic rings. The number of aromatic hydroxyl groups is 1. The summed E-state index contributed by atoms with van der Waals surface area (Å²) in [5.74, 6) is 0.790. The van der Waals surface area contributed by atoms with Crippen LogP contribution in [0.1, 0.15) is 37.9 Å². The van der Waals surface area contributed by atoms with Crippen LogP contribution < -0.4 is 29.1 Å². The summed E-state index contributed by atoms with van der Waals surface area (Å²) in [6.07, 6.45) is 1.70. The highest BCUT2D eigenvalue weighted by molar-refractivity contribution is 7.07. The van der Waals surface area contributed by atoms with Gasteiger partial charge in [-0.15, -0.1) is 0 Å². The third-order valence-electron chi connectivity index (χ3n) is 5.82. The Morgan fingerprint density at radius 2 is 1.84 bits per heavy atom. The van der Waals surface area contributed by atoms with Crippen molar-refractivity contribution in [1.29, 1.82) is 0 Å². The Labute approximate surface area is 217 Å². The molecule has 0 saturated heterocycles. The fourth-order valence-corrected chi connectivity index (χ4v) is 5.22. The topological polar surface area (TPSA) is 109 Å². The molecule has 1 N–H and O–H groups in total. The average molecular weight is 525 g/mol. The predicted molar refractivity (Wildman–Crippen MR) is 139 cm³/mol. The minimum absolute atomic E-state index is 0.000390. The van der Waals surface area contributed by atoms with Crippen molar-refractivity contribution >= 4 is 23.4 Å². The van der Waals surface area contributed by atoms with Crippen molar-refractivity contribution in [3.8, 4) is 23.0 Å². The average Bonchev–Trinajstić information content (AvgIpc) is 3.18. The van der Waals surface area contributed by atoms with Gasteiger partial charge in [0.1, 0.15) is 0 Å². The molecule has 2 aromatic carbocycles. The number of aromatic nitrogens is 1. The van der Waals surface area contributed by atoms with Crippen molar-refractivity contribution in [2.75, 3.05) is 27.4 Å². The first-order chi connectivity index (χ1) is 17.8. The molecule has 37 heavy (non-hydrogen) atoms. The SMILES string of the molecule is CCOC(=O)C1=C(C)N=c2s/c(=C/c3ccc(O)c(OC)c3)c(=O)n2C1c1ccc(OC)c(OCC)c1. The van der Waals surface area contributed by atoms with Gasteiger partial charge in [0.25, 0.3) is 5.56 Å². The number of hydrogen-bond donors (Lipinski definition) is 1. The molecule has 1 atom stereocenters. The lowest BCUT2D eigenvalue weighted by molar-refractivity contribution is -0.139. The molecule has 0 spiro atoms. The number of benzene rings is 2. The van der Waals surface area contributed by atoms with Gasteiger partial charge >= 0.3 is 5.97 Å². The van der Waals surface area contributed by atoms with Crippen LogP contribution in [0.5, 0.6) is 23.0 Å². The highest BCUT2D eigenvalue weighted by Gasteiger charge is 2.34. The summed E-state index contributed by atoms with van der Waals surface area (Å²) in [5, 5.41) is 9.92. The minimum Gasteiger partial charge on any atom is -0.504 e. The number of esters is 1. The first-order valence-corrected chi connectivity index (χ1v) is 12.5. The molecular weight excluding hydrogens is 496 g/mol. The van der Waals surface area contributed by atoms with E-state index in [2.05, 4.69) is 4.99 Å². The molecular formula is C27H28N2O7S. The molecule has 10 heteroatoms. The van der Waals surface area contributed by atoms with E-state index in [1.165, 1.54) is 29.1 Å². The molecule has 2 heterocycles. The van der Waals surface area contributed by atoms with E-state index < -0.39 is 12.0 Å². The minimum atomic E-state index is -0.781. The quantitative estimate of drug-likeness (QED) is 0.452. The van der Waals surface area contributed by atoms with Crippen molar-refractivity contribution in [3.63, 3.8) is 0 Å². The van der Waals surface area contributed by atoms with Crippen molar-refractivity contribution in [2.24, 2.45) is 4.99 Å². The van der Waals surface area contributed by atoms with E-state index in [1.807, 2.05) is 6.92 Å². The Balaban J connectivity index is 1.95. The van der Waals surface area contributed by atoms with Crippen molar-refractivity contribution in [2.45, 2.75) is 26.8 Å². The third kappa shape index (κ3) is 4.97. The number of carbonyl (C=O) groups excluding carboxylic acids is 1. The van der Waals surface area contributed by atoms with Crippen molar-refractivity contribution in [3.05, 3.63) is 78.5 Å². The number of fused-ring (bicyclic) bond motifs is 1. The monoisotopic (exact) mass is 524 g/mol. The van der Waals surface area contributed by atoms with E-state index in [9.17, 15) is 14.7 Å². The van der Waals surface area contributed by atoms with Gasteiger partial charge in [-0.2, -0.15) is 0 Å². The number of phenols is 1. The van der Waals surface area contributed by atoms with Crippen molar-refractivity contribution in [1.82, 2.24) is 4.57 Å². The summed E-state index contributed by atoms with van der Waals surface area (Å²) in [6, 6.07) is 9.35. The maximum absolute atomic E-state index is 13.8. The van der Waals surface area contributed by atoms with Crippen LogP contribution in [-0.2, 0) is 9.53 Å². The Kier molecular flexibility index (Phi) is 7.68. The van der Waals surface area contributed by atoms with Crippen molar-refractivity contribution < 1.29 is 28.8 Å². The lowest BCUT2D eigenvalue weighted by Gasteiger charge is -2.25. The number of carbonyl (C=O) groups is 1. The molecule has 0 saturated carbocycles.